The van der Waals surface area contributed by atoms with Crippen molar-refractivity contribution in [3.63, 3.8) is 0 Å². The largest absolute Gasteiger partial charge is 0.307 e. The molecule has 0 radical (unpaired) electrons. The molecular weight excluding hydrogens is 217 g/mol. The van der Waals surface area contributed by atoms with Crippen molar-refractivity contribution in [2.24, 2.45) is 7.05 Å². The molecule has 0 fully saturated rings. The van der Waals surface area contributed by atoms with Gasteiger partial charge in [0.25, 0.3) is 0 Å². The molecule has 1 aromatic carbocycles. The number of nitrogens with zero attached hydrogens (tertiary/aromatic N) is 2. The number of hydrogen-bond donors (Lipinski definition) is 1. The van der Waals surface area contributed by atoms with E-state index in [2.05, 4.69) is 10.4 Å². The van der Waals surface area contributed by atoms with Crippen LogP contribution in [-0.4, -0.2) is 9.78 Å². The molecule has 0 spiro atoms. The minimum Gasteiger partial charge on any atom is -0.307 e. The first-order chi connectivity index (χ1) is 8.16. The lowest BCUT2D eigenvalue weighted by molar-refractivity contribution is 0.604. The van der Waals surface area contributed by atoms with Gasteiger partial charge in [0.15, 0.2) is 0 Å². The summed E-state index contributed by atoms with van der Waals surface area (Å²) in [5.41, 5.74) is 2.74. The van der Waals surface area contributed by atoms with Gasteiger partial charge in [0.05, 0.1) is 5.69 Å². The zero-order valence-corrected chi connectivity index (χ0v) is 10.1. The van der Waals surface area contributed by atoms with Gasteiger partial charge in [0.1, 0.15) is 5.82 Å². The number of halogens is 1. The zero-order valence-electron chi connectivity index (χ0n) is 10.1. The second kappa shape index (κ2) is 5.10. The number of hydrogen-bond acceptors (Lipinski definition) is 2. The molecule has 0 bridgehead atoms. The van der Waals surface area contributed by atoms with Crippen LogP contribution in [0.4, 0.5) is 4.39 Å². The Morgan fingerprint density at radius 2 is 2.12 bits per heavy atom. The predicted molar refractivity (Wildman–Crippen MR) is 64.9 cm³/mol. The first kappa shape index (κ1) is 11.8. The summed E-state index contributed by atoms with van der Waals surface area (Å²) >= 11 is 0. The minimum absolute atomic E-state index is 0.148. The Kier molecular flexibility index (Phi) is 3.54. The minimum atomic E-state index is -0.148. The van der Waals surface area contributed by atoms with Crippen LogP contribution in [0.15, 0.2) is 30.5 Å². The van der Waals surface area contributed by atoms with E-state index in [9.17, 15) is 4.39 Å². The van der Waals surface area contributed by atoms with Gasteiger partial charge >= 0.3 is 0 Å². The number of benzene rings is 1. The standard InChI is InChI=1S/C13H16FN3/c1-10-3-4-11(7-13(10)14)8-15-9-12-5-6-16-17(12)2/h3-7,15H,8-9H2,1-2H3. The first-order valence-corrected chi connectivity index (χ1v) is 5.59. The van der Waals surface area contributed by atoms with E-state index in [-0.39, 0.29) is 5.82 Å². The lowest BCUT2D eigenvalue weighted by Crippen LogP contribution is -2.15. The van der Waals surface area contributed by atoms with E-state index >= 15 is 0 Å². The molecule has 90 valence electrons. The highest BCUT2D eigenvalue weighted by Gasteiger charge is 2.00. The Balaban J connectivity index is 1.90. The summed E-state index contributed by atoms with van der Waals surface area (Å²) in [6.45, 7) is 3.15. The normalized spacial score (nSPS) is 10.8. The molecule has 1 aromatic heterocycles. The number of rotatable bonds is 4. The summed E-state index contributed by atoms with van der Waals surface area (Å²) in [4.78, 5) is 0. The van der Waals surface area contributed by atoms with Crippen LogP contribution < -0.4 is 5.32 Å². The van der Waals surface area contributed by atoms with E-state index in [1.165, 1.54) is 0 Å². The van der Waals surface area contributed by atoms with Gasteiger partial charge < -0.3 is 5.32 Å². The fraction of sp³-hybridized carbons (Fsp3) is 0.308. The van der Waals surface area contributed by atoms with Crippen molar-refractivity contribution in [2.75, 3.05) is 0 Å². The fourth-order valence-electron chi connectivity index (χ4n) is 1.66. The van der Waals surface area contributed by atoms with E-state index < -0.39 is 0 Å². The molecule has 4 heteroatoms. The van der Waals surface area contributed by atoms with Crippen LogP contribution in [0.2, 0.25) is 0 Å². The maximum Gasteiger partial charge on any atom is 0.126 e. The van der Waals surface area contributed by atoms with Crippen molar-refractivity contribution in [2.45, 2.75) is 20.0 Å². The van der Waals surface area contributed by atoms with Gasteiger partial charge in [-0.1, -0.05) is 12.1 Å². The summed E-state index contributed by atoms with van der Waals surface area (Å²) < 4.78 is 15.1. The maximum absolute atomic E-state index is 13.3. The molecule has 0 saturated carbocycles. The second-order valence-electron chi connectivity index (χ2n) is 4.13. The summed E-state index contributed by atoms with van der Waals surface area (Å²) in [7, 11) is 1.91. The molecule has 0 unspecified atom stereocenters. The molecule has 0 saturated heterocycles. The molecule has 1 N–H and O–H groups in total. The number of aromatic nitrogens is 2. The van der Waals surface area contributed by atoms with E-state index in [4.69, 9.17) is 0 Å². The average Bonchev–Trinajstić information content (AvgIpc) is 2.70. The second-order valence-corrected chi connectivity index (χ2v) is 4.13. The van der Waals surface area contributed by atoms with Gasteiger partial charge in [-0.05, 0) is 30.2 Å². The van der Waals surface area contributed by atoms with Gasteiger partial charge in [-0.2, -0.15) is 5.10 Å². The SMILES string of the molecule is Cc1ccc(CNCc2ccnn2C)cc1F. The van der Waals surface area contributed by atoms with E-state index in [0.29, 0.717) is 12.1 Å². The highest BCUT2D eigenvalue weighted by molar-refractivity contribution is 5.23. The average molecular weight is 233 g/mol. The van der Waals surface area contributed by atoms with Crippen molar-refractivity contribution in [1.29, 1.82) is 0 Å². The summed E-state index contributed by atoms with van der Waals surface area (Å²) in [5, 5.41) is 7.35. The quantitative estimate of drug-likeness (QED) is 0.877. The summed E-state index contributed by atoms with van der Waals surface area (Å²) in [5.74, 6) is -0.148. The lowest BCUT2D eigenvalue weighted by Gasteiger charge is -2.06. The maximum atomic E-state index is 13.3. The number of nitrogens with one attached hydrogen (secondary N) is 1. The Labute approximate surface area is 100 Å². The molecule has 3 nitrogen and oxygen atoms in total. The van der Waals surface area contributed by atoms with Crippen molar-refractivity contribution in [3.8, 4) is 0 Å². The first-order valence-electron chi connectivity index (χ1n) is 5.59. The lowest BCUT2D eigenvalue weighted by atomic mass is 10.1. The Bertz CT molecular complexity index is 505. The van der Waals surface area contributed by atoms with Crippen molar-refractivity contribution < 1.29 is 4.39 Å². The third-order valence-corrected chi connectivity index (χ3v) is 2.79. The van der Waals surface area contributed by atoms with E-state index in [0.717, 1.165) is 17.8 Å². The molecule has 2 aromatic rings. The van der Waals surface area contributed by atoms with Crippen LogP contribution in [0.25, 0.3) is 0 Å². The third kappa shape index (κ3) is 2.91. The Morgan fingerprint density at radius 3 is 2.76 bits per heavy atom. The molecule has 0 aliphatic carbocycles. The molecule has 0 aliphatic heterocycles. The Morgan fingerprint density at radius 1 is 1.29 bits per heavy atom. The molecule has 17 heavy (non-hydrogen) atoms. The molecule has 2 rings (SSSR count). The van der Waals surface area contributed by atoms with E-state index in [1.54, 1.807) is 25.3 Å². The zero-order chi connectivity index (χ0) is 12.3. The van der Waals surface area contributed by atoms with Crippen molar-refractivity contribution in [3.05, 3.63) is 53.1 Å². The van der Waals surface area contributed by atoms with Crippen molar-refractivity contribution >= 4 is 0 Å². The van der Waals surface area contributed by atoms with Gasteiger partial charge in [0, 0.05) is 26.3 Å². The Hall–Kier alpha value is -1.68. The summed E-state index contributed by atoms with van der Waals surface area (Å²) in [6, 6.07) is 7.28. The van der Waals surface area contributed by atoms with Crippen LogP contribution in [0, 0.1) is 12.7 Å². The highest BCUT2D eigenvalue weighted by Crippen LogP contribution is 2.09. The van der Waals surface area contributed by atoms with Crippen molar-refractivity contribution in [1.82, 2.24) is 15.1 Å². The molecule has 0 amide bonds. The van der Waals surface area contributed by atoms with Gasteiger partial charge in [0.2, 0.25) is 0 Å². The van der Waals surface area contributed by atoms with Gasteiger partial charge in [-0.25, -0.2) is 4.39 Å². The highest BCUT2D eigenvalue weighted by atomic mass is 19.1. The van der Waals surface area contributed by atoms with Crippen LogP contribution >= 0.6 is 0 Å². The van der Waals surface area contributed by atoms with Crippen LogP contribution in [0.3, 0.4) is 0 Å². The monoisotopic (exact) mass is 233 g/mol. The third-order valence-electron chi connectivity index (χ3n) is 2.79. The molecular formula is C13H16FN3. The van der Waals surface area contributed by atoms with Gasteiger partial charge in [-0.3, -0.25) is 4.68 Å². The topological polar surface area (TPSA) is 29.9 Å². The fourth-order valence-corrected chi connectivity index (χ4v) is 1.66. The molecule has 1 heterocycles. The van der Waals surface area contributed by atoms with Crippen LogP contribution in [0.5, 0.6) is 0 Å². The molecule has 0 aliphatic rings. The van der Waals surface area contributed by atoms with E-state index in [1.807, 2.05) is 23.9 Å². The molecule has 0 atom stereocenters. The smallest absolute Gasteiger partial charge is 0.126 e. The van der Waals surface area contributed by atoms with Crippen LogP contribution in [-0.2, 0) is 20.1 Å². The summed E-state index contributed by atoms with van der Waals surface area (Å²) in [6.07, 6.45) is 1.77. The predicted octanol–water partition coefficient (Wildman–Crippen LogP) is 2.16. The van der Waals surface area contributed by atoms with Gasteiger partial charge in [-0.15, -0.1) is 0 Å². The van der Waals surface area contributed by atoms with Crippen LogP contribution in [0.1, 0.15) is 16.8 Å². The number of aryl methyl sites for hydroxylation is 2.